The normalized spacial score (nSPS) is 25.1. The molecule has 4 rings (SSSR count). The Morgan fingerprint density at radius 1 is 1.30 bits per heavy atom. The monoisotopic (exact) mass is 375 g/mol. The Kier molecular flexibility index (Phi) is 5.41. The molecule has 6 nitrogen and oxygen atoms in total. The molecule has 2 unspecified atom stereocenters. The number of nitrogens with zero attached hydrogens (tertiary/aromatic N) is 2. The zero-order chi connectivity index (χ0) is 18.8. The molecular formula is C20H26FN3O3. The van der Waals surface area contributed by atoms with E-state index in [1.807, 2.05) is 0 Å². The number of benzene rings is 1. The molecule has 2 atom stereocenters. The molecule has 0 saturated carbocycles. The maximum Gasteiger partial charge on any atom is 0.303 e. The summed E-state index contributed by atoms with van der Waals surface area (Å²) in [6.07, 6.45) is 3.86. The van der Waals surface area contributed by atoms with Gasteiger partial charge in [0.2, 0.25) is 0 Å². The van der Waals surface area contributed by atoms with Gasteiger partial charge in [-0.25, -0.2) is 9.37 Å². The summed E-state index contributed by atoms with van der Waals surface area (Å²) in [4.78, 5) is 21.6. The second-order valence-electron chi connectivity index (χ2n) is 7.79. The van der Waals surface area contributed by atoms with Crippen molar-refractivity contribution < 1.29 is 19.0 Å². The lowest BCUT2D eigenvalue weighted by Crippen LogP contribution is -2.48. The molecule has 146 valence electrons. The molecule has 7 heteroatoms. The van der Waals surface area contributed by atoms with E-state index < -0.39 is 5.97 Å². The number of hydrogen-bond acceptors (Lipinski definition) is 4. The maximum absolute atomic E-state index is 13.4. The average Bonchev–Trinajstić information content (AvgIpc) is 3.05. The van der Waals surface area contributed by atoms with Gasteiger partial charge in [-0.2, -0.15) is 0 Å². The number of aromatic nitrogens is 2. The molecule has 2 aliphatic rings. The topological polar surface area (TPSA) is 78.4 Å². The number of fused-ring (bicyclic) bond motifs is 1. The molecule has 0 aliphatic carbocycles. The van der Waals surface area contributed by atoms with E-state index in [-0.39, 0.29) is 24.1 Å². The molecule has 2 N–H and O–H groups in total. The Hall–Kier alpha value is -1.99. The Morgan fingerprint density at radius 2 is 2.11 bits per heavy atom. The lowest BCUT2D eigenvalue weighted by molar-refractivity contribution is -0.139. The zero-order valence-electron chi connectivity index (χ0n) is 15.4. The highest BCUT2D eigenvalue weighted by Gasteiger charge is 2.34. The van der Waals surface area contributed by atoms with Gasteiger partial charge in [0.15, 0.2) is 0 Å². The fourth-order valence-electron chi connectivity index (χ4n) is 4.59. The van der Waals surface area contributed by atoms with Crippen LogP contribution in [-0.2, 0) is 16.0 Å². The van der Waals surface area contributed by atoms with Gasteiger partial charge in [0.25, 0.3) is 0 Å². The standard InChI is InChI=1S/C20H26FN3O3/c21-15-1-2-17-18(11-15)23-19(22-17)9-14-12-24(16-4-7-27-8-5-16)6-3-13(14)10-20(25)26/h1-2,11,13-14,16H,3-10,12H2,(H,22,23)(H,25,26). The highest BCUT2D eigenvalue weighted by molar-refractivity contribution is 5.74. The van der Waals surface area contributed by atoms with Crippen LogP contribution in [0.2, 0.25) is 0 Å². The van der Waals surface area contributed by atoms with Crippen LogP contribution >= 0.6 is 0 Å². The number of aromatic amines is 1. The number of carbonyl (C=O) groups is 1. The molecule has 2 aromatic rings. The van der Waals surface area contributed by atoms with E-state index in [0.717, 1.165) is 56.9 Å². The van der Waals surface area contributed by atoms with Crippen molar-refractivity contribution in [2.75, 3.05) is 26.3 Å². The summed E-state index contributed by atoms with van der Waals surface area (Å²) in [7, 11) is 0. The summed E-state index contributed by atoms with van der Waals surface area (Å²) in [6, 6.07) is 5.06. The molecule has 1 aromatic carbocycles. The van der Waals surface area contributed by atoms with E-state index in [1.165, 1.54) is 12.1 Å². The van der Waals surface area contributed by atoms with Crippen molar-refractivity contribution in [1.82, 2.24) is 14.9 Å². The van der Waals surface area contributed by atoms with Crippen molar-refractivity contribution in [3.63, 3.8) is 0 Å². The van der Waals surface area contributed by atoms with Crippen LogP contribution in [0.15, 0.2) is 18.2 Å². The Bertz CT molecular complexity index is 803. The summed E-state index contributed by atoms with van der Waals surface area (Å²) in [5.41, 5.74) is 1.44. The van der Waals surface area contributed by atoms with Gasteiger partial charge >= 0.3 is 5.97 Å². The van der Waals surface area contributed by atoms with E-state index in [9.17, 15) is 14.3 Å². The largest absolute Gasteiger partial charge is 0.481 e. The van der Waals surface area contributed by atoms with Gasteiger partial charge in [-0.1, -0.05) is 0 Å². The third-order valence-corrected chi connectivity index (χ3v) is 6.02. The lowest BCUT2D eigenvalue weighted by atomic mass is 9.80. The summed E-state index contributed by atoms with van der Waals surface area (Å²) < 4.78 is 18.9. The van der Waals surface area contributed by atoms with E-state index in [4.69, 9.17) is 4.74 Å². The summed E-state index contributed by atoms with van der Waals surface area (Å²) >= 11 is 0. The first-order valence-electron chi connectivity index (χ1n) is 9.76. The first kappa shape index (κ1) is 18.4. The number of H-pyrrole nitrogens is 1. The predicted molar refractivity (Wildman–Crippen MR) is 99.0 cm³/mol. The van der Waals surface area contributed by atoms with Crippen LogP contribution in [0, 0.1) is 17.7 Å². The van der Waals surface area contributed by atoms with Gasteiger partial charge < -0.3 is 14.8 Å². The third kappa shape index (κ3) is 4.30. The van der Waals surface area contributed by atoms with Crippen LogP contribution in [0.1, 0.15) is 31.5 Å². The Labute approximate surface area is 157 Å². The summed E-state index contributed by atoms with van der Waals surface area (Å²) in [6.45, 7) is 3.44. The number of halogens is 1. The molecule has 1 aromatic heterocycles. The zero-order valence-corrected chi connectivity index (χ0v) is 15.4. The second kappa shape index (κ2) is 7.94. The third-order valence-electron chi connectivity index (χ3n) is 6.02. The minimum absolute atomic E-state index is 0.142. The molecule has 0 bridgehead atoms. The molecule has 0 spiro atoms. The number of piperidine rings is 1. The quantitative estimate of drug-likeness (QED) is 0.840. The number of aliphatic carboxylic acids is 1. The van der Waals surface area contributed by atoms with Crippen LogP contribution in [0.3, 0.4) is 0 Å². The minimum Gasteiger partial charge on any atom is -0.481 e. The van der Waals surface area contributed by atoms with Crippen molar-refractivity contribution in [3.05, 3.63) is 29.8 Å². The number of carboxylic acid groups (broad SMARTS) is 1. The number of ether oxygens (including phenoxy) is 1. The van der Waals surface area contributed by atoms with Crippen molar-refractivity contribution in [1.29, 1.82) is 0 Å². The predicted octanol–water partition coefficient (Wildman–Crippen LogP) is 2.84. The summed E-state index contributed by atoms with van der Waals surface area (Å²) in [5, 5.41) is 9.31. The van der Waals surface area contributed by atoms with E-state index in [0.29, 0.717) is 18.0 Å². The van der Waals surface area contributed by atoms with Crippen molar-refractivity contribution in [3.8, 4) is 0 Å². The SMILES string of the molecule is O=C(O)CC1CCN(C2CCOCC2)CC1Cc1nc2ccc(F)cc2[nH]1. The second-order valence-corrected chi connectivity index (χ2v) is 7.79. The first-order valence-corrected chi connectivity index (χ1v) is 9.76. The van der Waals surface area contributed by atoms with Gasteiger partial charge in [-0.05, 0) is 55.8 Å². The van der Waals surface area contributed by atoms with Gasteiger partial charge in [0, 0.05) is 38.6 Å². The molecule has 2 saturated heterocycles. The van der Waals surface area contributed by atoms with Crippen molar-refractivity contribution >= 4 is 17.0 Å². The van der Waals surface area contributed by atoms with Crippen LogP contribution in [0.25, 0.3) is 11.0 Å². The van der Waals surface area contributed by atoms with E-state index in [1.54, 1.807) is 6.07 Å². The molecule has 2 fully saturated rings. The van der Waals surface area contributed by atoms with Crippen LogP contribution in [0.4, 0.5) is 4.39 Å². The summed E-state index contributed by atoms with van der Waals surface area (Å²) in [5.74, 6) is 0.150. The smallest absolute Gasteiger partial charge is 0.303 e. The van der Waals surface area contributed by atoms with Gasteiger partial charge in [-0.15, -0.1) is 0 Å². The van der Waals surface area contributed by atoms with Gasteiger partial charge in [0.05, 0.1) is 11.0 Å². The number of carboxylic acids is 1. The molecule has 27 heavy (non-hydrogen) atoms. The number of imidazole rings is 1. The number of rotatable bonds is 5. The highest BCUT2D eigenvalue weighted by Crippen LogP contribution is 2.32. The Balaban J connectivity index is 1.51. The Morgan fingerprint density at radius 3 is 2.89 bits per heavy atom. The van der Waals surface area contributed by atoms with Crippen molar-refractivity contribution in [2.24, 2.45) is 11.8 Å². The highest BCUT2D eigenvalue weighted by atomic mass is 19.1. The van der Waals surface area contributed by atoms with Crippen molar-refractivity contribution in [2.45, 2.75) is 38.1 Å². The van der Waals surface area contributed by atoms with Gasteiger partial charge in [0.1, 0.15) is 11.6 Å². The fourth-order valence-corrected chi connectivity index (χ4v) is 4.59. The maximum atomic E-state index is 13.4. The molecule has 2 aliphatic heterocycles. The minimum atomic E-state index is -0.740. The van der Waals surface area contributed by atoms with E-state index in [2.05, 4.69) is 14.9 Å². The molecule has 0 amide bonds. The van der Waals surface area contributed by atoms with Crippen LogP contribution < -0.4 is 0 Å². The molecule has 3 heterocycles. The van der Waals surface area contributed by atoms with E-state index >= 15 is 0 Å². The molecule has 0 radical (unpaired) electrons. The lowest BCUT2D eigenvalue weighted by Gasteiger charge is -2.43. The number of hydrogen-bond donors (Lipinski definition) is 2. The van der Waals surface area contributed by atoms with Crippen LogP contribution in [0.5, 0.6) is 0 Å². The fraction of sp³-hybridized carbons (Fsp3) is 0.600. The molecular weight excluding hydrogens is 349 g/mol. The first-order chi connectivity index (χ1) is 13.1. The van der Waals surface area contributed by atoms with Crippen LogP contribution in [-0.4, -0.2) is 58.3 Å². The van der Waals surface area contributed by atoms with Gasteiger partial charge in [-0.3, -0.25) is 9.69 Å². The number of nitrogens with one attached hydrogen (secondary N) is 1. The number of likely N-dealkylation sites (tertiary alicyclic amines) is 1. The average molecular weight is 375 g/mol.